The number of methoxy groups -OCH3 is 1. The molecule has 1 aromatic carbocycles. The quantitative estimate of drug-likeness (QED) is 0.868. The number of benzene rings is 1. The van der Waals surface area contributed by atoms with Gasteiger partial charge in [-0.15, -0.1) is 0 Å². The van der Waals surface area contributed by atoms with Gasteiger partial charge in [-0.25, -0.2) is 13.1 Å². The van der Waals surface area contributed by atoms with E-state index in [4.69, 9.17) is 4.74 Å². The summed E-state index contributed by atoms with van der Waals surface area (Å²) in [4.78, 5) is 0. The Bertz CT molecular complexity index is 480. The average Bonchev–Trinajstić information content (AvgIpc) is 2.17. The SMILES string of the molecule is COc1cc(C)c(CNS(C)(=O)=O)cc1C. The van der Waals surface area contributed by atoms with Crippen LogP contribution >= 0.6 is 0 Å². The molecule has 0 heterocycles. The number of sulfonamides is 1. The zero-order valence-corrected chi connectivity index (χ0v) is 10.8. The zero-order valence-electron chi connectivity index (χ0n) is 9.99. The highest BCUT2D eigenvalue weighted by atomic mass is 32.2. The fraction of sp³-hybridized carbons (Fsp3) is 0.455. The first-order chi connectivity index (χ1) is 7.33. The molecule has 0 saturated heterocycles. The van der Waals surface area contributed by atoms with Crippen molar-refractivity contribution >= 4 is 10.0 Å². The summed E-state index contributed by atoms with van der Waals surface area (Å²) in [6, 6.07) is 3.85. The Labute approximate surface area is 96.7 Å². The van der Waals surface area contributed by atoms with Crippen molar-refractivity contribution in [3.8, 4) is 5.75 Å². The molecule has 0 aliphatic heterocycles. The van der Waals surface area contributed by atoms with E-state index in [0.717, 1.165) is 28.7 Å². The van der Waals surface area contributed by atoms with Crippen LogP contribution in [0.4, 0.5) is 0 Å². The summed E-state index contributed by atoms with van der Waals surface area (Å²) in [5.74, 6) is 0.820. The van der Waals surface area contributed by atoms with Gasteiger partial charge in [-0.3, -0.25) is 0 Å². The highest BCUT2D eigenvalue weighted by Crippen LogP contribution is 2.22. The summed E-state index contributed by atoms with van der Waals surface area (Å²) in [7, 11) is -1.53. The molecule has 0 saturated carbocycles. The van der Waals surface area contributed by atoms with Crippen LogP contribution in [0.2, 0.25) is 0 Å². The zero-order chi connectivity index (χ0) is 12.3. The number of rotatable bonds is 4. The molecule has 0 unspecified atom stereocenters. The molecule has 0 aliphatic carbocycles. The van der Waals surface area contributed by atoms with Crippen LogP contribution in [0.15, 0.2) is 12.1 Å². The first-order valence-electron chi connectivity index (χ1n) is 4.92. The van der Waals surface area contributed by atoms with Crippen molar-refractivity contribution in [3.63, 3.8) is 0 Å². The smallest absolute Gasteiger partial charge is 0.209 e. The predicted molar refractivity (Wildman–Crippen MR) is 64.2 cm³/mol. The summed E-state index contributed by atoms with van der Waals surface area (Å²) in [5, 5.41) is 0. The molecule has 0 fully saturated rings. The van der Waals surface area contributed by atoms with Gasteiger partial charge in [0, 0.05) is 6.54 Å². The Kier molecular flexibility index (Phi) is 3.93. The van der Waals surface area contributed by atoms with E-state index >= 15 is 0 Å². The van der Waals surface area contributed by atoms with E-state index in [0.29, 0.717) is 6.54 Å². The van der Waals surface area contributed by atoms with Crippen LogP contribution in [0.3, 0.4) is 0 Å². The topological polar surface area (TPSA) is 55.4 Å². The van der Waals surface area contributed by atoms with Crippen LogP contribution in [0.1, 0.15) is 16.7 Å². The van der Waals surface area contributed by atoms with Crippen molar-refractivity contribution in [2.24, 2.45) is 0 Å². The van der Waals surface area contributed by atoms with Gasteiger partial charge in [0.1, 0.15) is 5.75 Å². The van der Waals surface area contributed by atoms with Crippen LogP contribution in [-0.2, 0) is 16.6 Å². The largest absolute Gasteiger partial charge is 0.496 e. The third kappa shape index (κ3) is 3.50. The standard InChI is InChI=1S/C11H17NO3S/c1-8-6-11(15-3)9(2)5-10(8)7-12-16(4,13)14/h5-6,12H,7H2,1-4H3. The molecule has 0 radical (unpaired) electrons. The maximum Gasteiger partial charge on any atom is 0.209 e. The first-order valence-corrected chi connectivity index (χ1v) is 6.81. The van der Waals surface area contributed by atoms with E-state index in [2.05, 4.69) is 4.72 Å². The van der Waals surface area contributed by atoms with E-state index < -0.39 is 10.0 Å². The lowest BCUT2D eigenvalue weighted by Crippen LogP contribution is -2.21. The molecular weight excluding hydrogens is 226 g/mol. The highest BCUT2D eigenvalue weighted by molar-refractivity contribution is 7.88. The van der Waals surface area contributed by atoms with Crippen LogP contribution in [0, 0.1) is 13.8 Å². The Hall–Kier alpha value is -1.07. The molecule has 1 N–H and O–H groups in total. The van der Waals surface area contributed by atoms with Gasteiger partial charge in [-0.1, -0.05) is 6.07 Å². The van der Waals surface area contributed by atoms with Crippen molar-refractivity contribution in [1.29, 1.82) is 0 Å². The van der Waals surface area contributed by atoms with Gasteiger partial charge >= 0.3 is 0 Å². The van der Waals surface area contributed by atoms with Crippen molar-refractivity contribution in [2.75, 3.05) is 13.4 Å². The first kappa shape index (κ1) is 13.0. The predicted octanol–water partition coefficient (Wildman–Crippen LogP) is 1.36. The average molecular weight is 243 g/mol. The van der Waals surface area contributed by atoms with E-state index in [1.807, 2.05) is 26.0 Å². The number of nitrogens with one attached hydrogen (secondary N) is 1. The Morgan fingerprint density at radius 3 is 2.38 bits per heavy atom. The summed E-state index contributed by atoms with van der Waals surface area (Å²) < 4.78 is 29.6. The van der Waals surface area contributed by atoms with Gasteiger partial charge in [0.25, 0.3) is 0 Å². The molecule has 0 atom stereocenters. The number of aryl methyl sites for hydroxylation is 2. The monoisotopic (exact) mass is 243 g/mol. The van der Waals surface area contributed by atoms with Crippen molar-refractivity contribution in [1.82, 2.24) is 4.72 Å². The third-order valence-electron chi connectivity index (χ3n) is 2.38. The molecule has 1 aromatic rings. The van der Waals surface area contributed by atoms with Gasteiger partial charge in [-0.05, 0) is 36.6 Å². The van der Waals surface area contributed by atoms with Crippen molar-refractivity contribution in [3.05, 3.63) is 28.8 Å². The Morgan fingerprint density at radius 2 is 1.88 bits per heavy atom. The van der Waals surface area contributed by atoms with Crippen molar-refractivity contribution < 1.29 is 13.2 Å². The van der Waals surface area contributed by atoms with Gasteiger partial charge in [0.2, 0.25) is 10.0 Å². The third-order valence-corrected chi connectivity index (χ3v) is 3.05. The second-order valence-corrected chi connectivity index (χ2v) is 5.67. The summed E-state index contributed by atoms with van der Waals surface area (Å²) in [6.07, 6.45) is 1.15. The maximum atomic E-state index is 11.0. The van der Waals surface area contributed by atoms with E-state index in [1.165, 1.54) is 0 Å². The highest BCUT2D eigenvalue weighted by Gasteiger charge is 2.07. The molecule has 0 aliphatic rings. The summed E-state index contributed by atoms with van der Waals surface area (Å²) >= 11 is 0. The number of ether oxygens (including phenoxy) is 1. The molecule has 4 nitrogen and oxygen atoms in total. The molecule has 16 heavy (non-hydrogen) atoms. The molecule has 0 bridgehead atoms. The molecule has 1 rings (SSSR count). The molecule has 0 spiro atoms. The Morgan fingerprint density at radius 1 is 1.25 bits per heavy atom. The Balaban J connectivity index is 2.94. The molecule has 0 amide bonds. The van der Waals surface area contributed by atoms with Crippen molar-refractivity contribution in [2.45, 2.75) is 20.4 Å². The van der Waals surface area contributed by atoms with E-state index in [-0.39, 0.29) is 0 Å². The van der Waals surface area contributed by atoms with Crippen LogP contribution in [0.25, 0.3) is 0 Å². The fourth-order valence-electron chi connectivity index (χ4n) is 1.47. The second kappa shape index (κ2) is 4.84. The van der Waals surface area contributed by atoms with Crippen LogP contribution in [-0.4, -0.2) is 21.8 Å². The van der Waals surface area contributed by atoms with E-state index in [9.17, 15) is 8.42 Å². The lowest BCUT2D eigenvalue weighted by Gasteiger charge is -2.11. The molecule has 0 aromatic heterocycles. The lowest BCUT2D eigenvalue weighted by atomic mass is 10.0. The summed E-state index contributed by atoms with van der Waals surface area (Å²) in [6.45, 7) is 4.18. The van der Waals surface area contributed by atoms with Gasteiger partial charge < -0.3 is 4.74 Å². The van der Waals surface area contributed by atoms with Crippen LogP contribution < -0.4 is 9.46 Å². The van der Waals surface area contributed by atoms with E-state index in [1.54, 1.807) is 7.11 Å². The second-order valence-electron chi connectivity index (χ2n) is 3.84. The maximum absolute atomic E-state index is 11.0. The number of hydrogen-bond donors (Lipinski definition) is 1. The summed E-state index contributed by atoms with van der Waals surface area (Å²) in [5.41, 5.74) is 2.97. The molecular formula is C11H17NO3S. The van der Waals surface area contributed by atoms with Crippen LogP contribution in [0.5, 0.6) is 5.75 Å². The minimum Gasteiger partial charge on any atom is -0.496 e. The molecule has 90 valence electrons. The number of hydrogen-bond acceptors (Lipinski definition) is 3. The minimum atomic E-state index is -3.15. The van der Waals surface area contributed by atoms with Gasteiger partial charge in [0.15, 0.2) is 0 Å². The molecule has 5 heteroatoms. The van der Waals surface area contributed by atoms with Gasteiger partial charge in [0.05, 0.1) is 13.4 Å². The fourth-order valence-corrected chi connectivity index (χ4v) is 1.89. The lowest BCUT2D eigenvalue weighted by molar-refractivity contribution is 0.411. The normalized spacial score (nSPS) is 11.5. The minimum absolute atomic E-state index is 0.315. The van der Waals surface area contributed by atoms with Gasteiger partial charge in [-0.2, -0.15) is 0 Å².